The number of hydrogen-bond acceptors (Lipinski definition) is 8. The minimum Gasteiger partial charge on any atom is -0.865 e. The summed E-state index contributed by atoms with van der Waals surface area (Å²) in [6.07, 6.45) is 8.36. The van der Waals surface area contributed by atoms with Crippen LogP contribution in [0.2, 0.25) is 0 Å². The normalized spacial score (nSPS) is 23.0. The van der Waals surface area contributed by atoms with Crippen molar-refractivity contribution in [3.63, 3.8) is 0 Å². The maximum Gasteiger partial charge on any atom is 0.336 e. The highest BCUT2D eigenvalue weighted by Crippen LogP contribution is 2.47. The van der Waals surface area contributed by atoms with E-state index in [-0.39, 0.29) is 29.8 Å². The molecule has 35 heavy (non-hydrogen) atoms. The van der Waals surface area contributed by atoms with E-state index in [1.807, 2.05) is 6.08 Å². The molecule has 1 saturated carbocycles. The summed E-state index contributed by atoms with van der Waals surface area (Å²) in [7, 11) is 0. The van der Waals surface area contributed by atoms with Crippen LogP contribution in [0, 0.1) is 16.0 Å². The molecule has 1 fully saturated rings. The smallest absolute Gasteiger partial charge is 0.336 e. The van der Waals surface area contributed by atoms with Crippen LogP contribution in [0.3, 0.4) is 0 Å². The summed E-state index contributed by atoms with van der Waals surface area (Å²) in [5.74, 6) is -3.15. The molecule has 3 aliphatic rings. The van der Waals surface area contributed by atoms with Crippen molar-refractivity contribution in [2.75, 3.05) is 6.61 Å². The van der Waals surface area contributed by atoms with Crippen molar-refractivity contribution < 1.29 is 29.1 Å². The minimum absolute atomic E-state index is 0.0703. The lowest BCUT2D eigenvalue weighted by Gasteiger charge is -2.38. The molecule has 0 spiro atoms. The number of hydrogen-bond donors (Lipinski definition) is 1. The summed E-state index contributed by atoms with van der Waals surface area (Å²) in [5, 5.41) is 27.5. The Bertz CT molecular complexity index is 1080. The number of nitrogens with zero attached hydrogens (tertiary/aromatic N) is 1. The number of ketones is 1. The van der Waals surface area contributed by atoms with Crippen LogP contribution in [0.1, 0.15) is 76.7 Å². The van der Waals surface area contributed by atoms with Crippen LogP contribution < -0.4 is 15.2 Å². The second-order valence-corrected chi connectivity index (χ2v) is 9.36. The number of ether oxygens (including phenoxy) is 2. The van der Waals surface area contributed by atoms with Crippen LogP contribution in [0.15, 0.2) is 35.2 Å². The summed E-state index contributed by atoms with van der Waals surface area (Å²) in [4.78, 5) is 37.6. The molecule has 0 radical (unpaired) electrons. The number of nitro benzene ring substituents is 1. The third kappa shape index (κ3) is 5.04. The Hall–Kier alpha value is -3.36. The van der Waals surface area contributed by atoms with E-state index in [4.69, 9.17) is 9.47 Å². The Morgan fingerprint density at radius 2 is 1.89 bits per heavy atom. The van der Waals surface area contributed by atoms with E-state index in [1.165, 1.54) is 12.1 Å². The van der Waals surface area contributed by atoms with Crippen molar-refractivity contribution in [3.05, 3.63) is 50.9 Å². The largest absolute Gasteiger partial charge is 0.865 e. The Morgan fingerprint density at radius 1 is 1.17 bits per heavy atom. The third-order valence-corrected chi connectivity index (χ3v) is 7.03. The van der Waals surface area contributed by atoms with E-state index in [9.17, 15) is 24.8 Å². The molecule has 0 bridgehead atoms. The van der Waals surface area contributed by atoms with Crippen molar-refractivity contribution in [2.45, 2.75) is 77.2 Å². The fourth-order valence-electron chi connectivity index (χ4n) is 5.40. The third-order valence-electron chi connectivity index (χ3n) is 7.03. The first-order valence-corrected chi connectivity index (χ1v) is 12.4. The molecule has 4 rings (SSSR count). The summed E-state index contributed by atoms with van der Waals surface area (Å²) in [6, 6.07) is 2.60. The predicted octanol–water partition coefficient (Wildman–Crippen LogP) is 4.16. The number of rotatable bonds is 6. The molecule has 1 N–H and O–H groups in total. The van der Waals surface area contributed by atoms with Crippen LogP contribution >= 0.6 is 0 Å². The summed E-state index contributed by atoms with van der Waals surface area (Å²) < 4.78 is 11.3. The summed E-state index contributed by atoms with van der Waals surface area (Å²) in [5.41, 5.74) is 1.15. The molecule has 2 aliphatic carbocycles. The lowest BCUT2D eigenvalue weighted by Crippen LogP contribution is -2.41. The molecule has 0 aromatic heterocycles. The second-order valence-electron chi connectivity index (χ2n) is 9.36. The van der Waals surface area contributed by atoms with Gasteiger partial charge in [0.05, 0.1) is 23.0 Å². The van der Waals surface area contributed by atoms with Gasteiger partial charge in [0, 0.05) is 35.5 Å². The Kier molecular flexibility index (Phi) is 7.42. The van der Waals surface area contributed by atoms with Crippen molar-refractivity contribution >= 4 is 17.4 Å². The number of carbonyl (C=O) groups excluding carboxylic acids is 2. The summed E-state index contributed by atoms with van der Waals surface area (Å²) >= 11 is 0. The van der Waals surface area contributed by atoms with Gasteiger partial charge < -0.3 is 19.9 Å². The van der Waals surface area contributed by atoms with E-state index in [1.54, 1.807) is 13.8 Å². The molecule has 2 atom stereocenters. The number of benzene rings is 1. The first-order valence-electron chi connectivity index (χ1n) is 12.4. The van der Waals surface area contributed by atoms with Gasteiger partial charge >= 0.3 is 5.97 Å². The van der Waals surface area contributed by atoms with E-state index < -0.39 is 34.2 Å². The molecule has 9 heteroatoms. The first-order chi connectivity index (χ1) is 16.8. The number of nitro groups is 1. The maximum atomic E-state index is 13.6. The number of allylic oxidation sites excluding steroid dienone is 3. The molecule has 1 heterocycles. The van der Waals surface area contributed by atoms with Gasteiger partial charge in [0.25, 0.3) is 5.69 Å². The van der Waals surface area contributed by atoms with Crippen LogP contribution in [-0.4, -0.2) is 29.4 Å². The number of nitrogens with one attached hydrogen (secondary N) is 1. The average molecular weight is 484 g/mol. The highest BCUT2D eigenvalue weighted by atomic mass is 16.6. The molecular weight excluding hydrogens is 452 g/mol. The lowest BCUT2D eigenvalue weighted by molar-refractivity contribution is -0.398. The Morgan fingerprint density at radius 3 is 2.54 bits per heavy atom. The second kappa shape index (κ2) is 10.5. The van der Waals surface area contributed by atoms with Gasteiger partial charge in [-0.3, -0.25) is 14.9 Å². The molecule has 9 nitrogen and oxygen atoms in total. The van der Waals surface area contributed by atoms with E-state index in [2.05, 4.69) is 5.32 Å². The van der Waals surface area contributed by atoms with Crippen LogP contribution in [0.5, 0.6) is 11.5 Å². The van der Waals surface area contributed by atoms with Gasteiger partial charge in [0.2, 0.25) is 0 Å². The molecule has 0 amide bonds. The van der Waals surface area contributed by atoms with Crippen LogP contribution in [0.25, 0.3) is 0 Å². The standard InChI is InChI=1S/C26H32N2O7/c1-3-34-21-14-16(13-19(25(21)30)28(32)33)23-22(26(31)35-17-9-6-4-5-7-10-17)15(2)27-18-11-8-12-20(29)24(18)23/h11,13-14,17,23-24,27,30H,3-10,12H2,1-2H3/p-1. The maximum absolute atomic E-state index is 13.6. The zero-order valence-electron chi connectivity index (χ0n) is 20.1. The number of esters is 1. The van der Waals surface area contributed by atoms with Gasteiger partial charge in [-0.05, 0) is 57.6 Å². The molecule has 188 valence electrons. The molecule has 1 aromatic rings. The molecular formula is C26H31N2O7-. The van der Waals surface area contributed by atoms with Gasteiger partial charge in [0.15, 0.2) is 0 Å². The lowest BCUT2D eigenvalue weighted by atomic mass is 9.71. The highest BCUT2D eigenvalue weighted by molar-refractivity contribution is 5.96. The zero-order chi connectivity index (χ0) is 25.1. The minimum atomic E-state index is -0.830. The van der Waals surface area contributed by atoms with Crippen molar-refractivity contribution in [1.82, 2.24) is 5.32 Å². The van der Waals surface area contributed by atoms with Gasteiger partial charge in [-0.2, -0.15) is 0 Å². The Balaban J connectivity index is 1.83. The molecule has 1 aliphatic heterocycles. The van der Waals surface area contributed by atoms with Gasteiger partial charge in [0.1, 0.15) is 17.6 Å². The number of carbonyl (C=O) groups is 2. The first kappa shape index (κ1) is 24.8. The van der Waals surface area contributed by atoms with E-state index in [0.29, 0.717) is 29.8 Å². The van der Waals surface area contributed by atoms with E-state index in [0.717, 1.165) is 38.5 Å². The van der Waals surface area contributed by atoms with Gasteiger partial charge in [-0.25, -0.2) is 4.79 Å². The fraction of sp³-hybridized carbons (Fsp3) is 0.538. The van der Waals surface area contributed by atoms with E-state index >= 15 is 0 Å². The number of Topliss-reactive ketones (excluding diaryl/α,β-unsaturated/α-hetero) is 1. The number of fused-ring (bicyclic) bond motifs is 1. The van der Waals surface area contributed by atoms with Crippen molar-refractivity contribution in [2.24, 2.45) is 5.92 Å². The van der Waals surface area contributed by atoms with Crippen molar-refractivity contribution in [1.29, 1.82) is 0 Å². The predicted molar refractivity (Wildman–Crippen MR) is 126 cm³/mol. The topological polar surface area (TPSA) is 131 Å². The molecule has 0 saturated heterocycles. The molecule has 1 aromatic carbocycles. The Labute approximate surface area is 204 Å². The molecule has 2 unspecified atom stereocenters. The SMILES string of the molecule is CCOc1cc(C2C(C(=O)OC3CCCCCC3)=C(C)NC3=CCCC(=O)C32)cc([N+](=O)[O-])c1[O-]. The fourth-order valence-corrected chi connectivity index (χ4v) is 5.40. The monoisotopic (exact) mass is 483 g/mol. The van der Waals surface area contributed by atoms with Crippen LogP contribution in [-0.2, 0) is 14.3 Å². The quantitative estimate of drug-likeness (QED) is 0.276. The van der Waals surface area contributed by atoms with Gasteiger partial charge in [-0.1, -0.05) is 18.9 Å². The highest BCUT2D eigenvalue weighted by Gasteiger charge is 2.44. The zero-order valence-corrected chi connectivity index (χ0v) is 20.1. The average Bonchev–Trinajstić information content (AvgIpc) is 3.08. The summed E-state index contributed by atoms with van der Waals surface area (Å²) in [6.45, 7) is 3.56. The van der Waals surface area contributed by atoms with Crippen LogP contribution in [0.4, 0.5) is 5.69 Å². The van der Waals surface area contributed by atoms with Gasteiger partial charge in [-0.15, -0.1) is 0 Å². The van der Waals surface area contributed by atoms with Crippen molar-refractivity contribution in [3.8, 4) is 11.5 Å².